The second-order valence-corrected chi connectivity index (χ2v) is 7.23. The molecule has 26 heavy (non-hydrogen) atoms. The van der Waals surface area contributed by atoms with Crippen molar-refractivity contribution in [2.75, 3.05) is 4.83 Å². The minimum atomic E-state index is -4.02. The molecule has 12 heteroatoms. The van der Waals surface area contributed by atoms with Gasteiger partial charge in [0.1, 0.15) is 0 Å². The van der Waals surface area contributed by atoms with Gasteiger partial charge < -0.3 is 0 Å². The molecule has 2 heterocycles. The Morgan fingerprint density at radius 1 is 1.12 bits per heavy atom. The van der Waals surface area contributed by atoms with Crippen molar-refractivity contribution in [3.63, 3.8) is 0 Å². The van der Waals surface area contributed by atoms with Crippen LogP contribution in [0.15, 0.2) is 35.2 Å². The summed E-state index contributed by atoms with van der Waals surface area (Å²) in [5.74, 6) is 0.483. The Hall–Kier alpha value is -3.28. The van der Waals surface area contributed by atoms with Crippen LogP contribution in [0.1, 0.15) is 17.2 Å². The molecule has 1 N–H and O–H groups in total. The third kappa shape index (κ3) is 3.13. The van der Waals surface area contributed by atoms with Crippen LogP contribution in [-0.2, 0) is 10.0 Å². The maximum absolute atomic E-state index is 12.6. The highest BCUT2D eigenvalue weighted by Gasteiger charge is 2.21. The number of benzene rings is 1. The molecule has 0 fully saturated rings. The lowest BCUT2D eigenvalue weighted by molar-refractivity contribution is -0.384. The Balaban J connectivity index is 1.99. The minimum absolute atomic E-state index is 0.129. The summed E-state index contributed by atoms with van der Waals surface area (Å²) >= 11 is 0. The first-order valence-electron chi connectivity index (χ1n) is 7.42. The Labute approximate surface area is 148 Å². The fraction of sp³-hybridized carbons (Fsp3) is 0.214. The highest BCUT2D eigenvalue weighted by Crippen LogP contribution is 2.17. The summed E-state index contributed by atoms with van der Waals surface area (Å²) in [7, 11) is -4.02. The van der Waals surface area contributed by atoms with Crippen molar-refractivity contribution >= 4 is 15.7 Å². The van der Waals surface area contributed by atoms with Gasteiger partial charge in [0.05, 0.1) is 15.5 Å². The van der Waals surface area contributed by atoms with E-state index in [9.17, 15) is 18.5 Å². The van der Waals surface area contributed by atoms with E-state index >= 15 is 0 Å². The molecule has 0 saturated heterocycles. The molecular weight excluding hydrogens is 362 g/mol. The number of hydrogen-bond donors (Lipinski definition) is 1. The number of sulfonamides is 1. The summed E-state index contributed by atoms with van der Waals surface area (Å²) in [6.45, 7) is 5.19. The van der Waals surface area contributed by atoms with Crippen molar-refractivity contribution in [1.82, 2.24) is 24.7 Å². The summed E-state index contributed by atoms with van der Waals surface area (Å²) in [5, 5.41) is 22.8. The predicted molar refractivity (Wildman–Crippen MR) is 91.0 cm³/mol. The number of nitrogens with zero attached hydrogens (tertiary/aromatic N) is 6. The van der Waals surface area contributed by atoms with Crippen LogP contribution >= 0.6 is 0 Å². The van der Waals surface area contributed by atoms with Crippen LogP contribution in [0.2, 0.25) is 0 Å². The number of aromatic nitrogens is 5. The summed E-state index contributed by atoms with van der Waals surface area (Å²) < 4.78 is 27.9. The summed E-state index contributed by atoms with van der Waals surface area (Å²) in [4.78, 5) is 12.3. The maximum Gasteiger partial charge on any atom is 0.275 e. The Bertz CT molecular complexity index is 1080. The summed E-state index contributed by atoms with van der Waals surface area (Å²) in [5.41, 5.74) is 1.30. The first-order chi connectivity index (χ1) is 12.2. The second-order valence-electron chi connectivity index (χ2n) is 5.57. The molecule has 136 valence electrons. The first-order valence-corrected chi connectivity index (χ1v) is 8.90. The van der Waals surface area contributed by atoms with E-state index in [4.69, 9.17) is 0 Å². The third-order valence-corrected chi connectivity index (χ3v) is 4.89. The fourth-order valence-corrected chi connectivity index (χ4v) is 3.40. The van der Waals surface area contributed by atoms with Gasteiger partial charge in [-0.15, -0.1) is 10.2 Å². The van der Waals surface area contributed by atoms with E-state index in [1.165, 1.54) is 9.36 Å². The van der Waals surface area contributed by atoms with Crippen molar-refractivity contribution in [3.8, 4) is 5.95 Å². The number of rotatable bonds is 5. The molecule has 0 aliphatic rings. The van der Waals surface area contributed by atoms with Crippen LogP contribution in [0.25, 0.3) is 5.95 Å². The Morgan fingerprint density at radius 2 is 1.77 bits per heavy atom. The van der Waals surface area contributed by atoms with Gasteiger partial charge in [0, 0.05) is 17.8 Å². The lowest BCUT2D eigenvalue weighted by Crippen LogP contribution is -2.27. The summed E-state index contributed by atoms with van der Waals surface area (Å²) in [6, 6.07) is 6.37. The van der Waals surface area contributed by atoms with Crippen LogP contribution in [0, 0.1) is 30.9 Å². The van der Waals surface area contributed by atoms with E-state index in [2.05, 4.69) is 20.1 Å². The average Bonchev–Trinajstić information content (AvgIpc) is 3.09. The number of nitro benzene ring substituents is 1. The first kappa shape index (κ1) is 17.5. The average molecular weight is 377 g/mol. The molecule has 0 radical (unpaired) electrons. The third-order valence-electron chi connectivity index (χ3n) is 3.58. The number of hydrogen-bond acceptors (Lipinski definition) is 7. The standard InChI is InChI=1S/C14H15N7O4S/c1-9-8-10(2)19(17-9)14-16-15-11(3)20(14)18-26(24,25)13-6-4-12(5-7-13)21(22)23/h4-8,18H,1-3H3. The molecular formula is C14H15N7O4S. The SMILES string of the molecule is Cc1cc(C)n(-c2nnc(C)n2NS(=O)(=O)c2ccc([N+](=O)[O-])cc2)n1. The molecule has 0 aliphatic heterocycles. The van der Waals surface area contributed by atoms with Crippen molar-refractivity contribution in [2.24, 2.45) is 0 Å². The van der Waals surface area contributed by atoms with E-state index in [-0.39, 0.29) is 16.5 Å². The number of non-ortho nitro benzene ring substituents is 1. The van der Waals surface area contributed by atoms with Crippen LogP contribution in [-0.4, -0.2) is 38.0 Å². The van der Waals surface area contributed by atoms with Crippen molar-refractivity contribution in [2.45, 2.75) is 25.7 Å². The van der Waals surface area contributed by atoms with E-state index in [0.717, 1.165) is 35.7 Å². The normalized spacial score (nSPS) is 11.5. The van der Waals surface area contributed by atoms with Gasteiger partial charge in [-0.25, -0.2) is 9.51 Å². The minimum Gasteiger partial charge on any atom is -0.258 e. The molecule has 0 saturated carbocycles. The Kier molecular flexibility index (Phi) is 4.20. The molecule has 0 atom stereocenters. The zero-order chi connectivity index (χ0) is 19.1. The van der Waals surface area contributed by atoms with Crippen molar-refractivity contribution < 1.29 is 13.3 Å². The van der Waals surface area contributed by atoms with Crippen LogP contribution in [0.3, 0.4) is 0 Å². The molecule has 3 rings (SSSR count). The molecule has 0 bridgehead atoms. The fourth-order valence-electron chi connectivity index (χ4n) is 2.35. The van der Waals surface area contributed by atoms with E-state index in [0.29, 0.717) is 5.82 Å². The maximum atomic E-state index is 12.6. The monoisotopic (exact) mass is 377 g/mol. The van der Waals surface area contributed by atoms with E-state index in [1.54, 1.807) is 20.8 Å². The highest BCUT2D eigenvalue weighted by atomic mass is 32.2. The second kappa shape index (κ2) is 6.22. The van der Waals surface area contributed by atoms with Gasteiger partial charge in [-0.05, 0) is 39.0 Å². The topological polar surface area (TPSA) is 138 Å². The number of aryl methyl sites for hydroxylation is 3. The van der Waals surface area contributed by atoms with Crippen LogP contribution in [0.5, 0.6) is 0 Å². The van der Waals surface area contributed by atoms with Gasteiger partial charge in [-0.1, -0.05) is 0 Å². The number of nitrogens with one attached hydrogen (secondary N) is 1. The zero-order valence-corrected chi connectivity index (χ0v) is 14.9. The van der Waals surface area contributed by atoms with Gasteiger partial charge in [-0.2, -0.15) is 18.2 Å². The molecule has 0 spiro atoms. The molecule has 3 aromatic rings. The molecule has 0 aliphatic carbocycles. The van der Waals surface area contributed by atoms with Gasteiger partial charge in [0.15, 0.2) is 5.82 Å². The molecule has 0 amide bonds. The van der Waals surface area contributed by atoms with Crippen LogP contribution < -0.4 is 4.83 Å². The van der Waals surface area contributed by atoms with Crippen molar-refractivity contribution in [3.05, 3.63) is 57.7 Å². The van der Waals surface area contributed by atoms with E-state index < -0.39 is 14.9 Å². The number of nitro groups is 1. The highest BCUT2D eigenvalue weighted by molar-refractivity contribution is 7.92. The van der Waals surface area contributed by atoms with Gasteiger partial charge in [0.25, 0.3) is 21.7 Å². The van der Waals surface area contributed by atoms with Crippen molar-refractivity contribution in [1.29, 1.82) is 0 Å². The predicted octanol–water partition coefficient (Wildman–Crippen LogP) is 1.23. The van der Waals surface area contributed by atoms with Gasteiger partial charge in [0.2, 0.25) is 0 Å². The quantitative estimate of drug-likeness (QED) is 0.521. The largest absolute Gasteiger partial charge is 0.275 e. The Morgan fingerprint density at radius 3 is 2.31 bits per heavy atom. The van der Waals surface area contributed by atoms with Gasteiger partial charge >= 0.3 is 0 Å². The molecule has 2 aromatic heterocycles. The van der Waals surface area contributed by atoms with E-state index in [1.807, 2.05) is 6.07 Å². The molecule has 11 nitrogen and oxygen atoms in total. The van der Waals surface area contributed by atoms with Gasteiger partial charge in [-0.3, -0.25) is 10.1 Å². The lowest BCUT2D eigenvalue weighted by Gasteiger charge is -2.12. The smallest absolute Gasteiger partial charge is 0.258 e. The molecule has 1 aromatic carbocycles. The summed E-state index contributed by atoms with van der Waals surface area (Å²) in [6.07, 6.45) is 0. The van der Waals surface area contributed by atoms with Crippen LogP contribution in [0.4, 0.5) is 5.69 Å². The zero-order valence-electron chi connectivity index (χ0n) is 14.1. The molecule has 0 unspecified atom stereocenters. The lowest BCUT2D eigenvalue weighted by atomic mass is 10.3.